The normalized spacial score (nSPS) is 19.9. The molecule has 19 heavy (non-hydrogen) atoms. The largest absolute Gasteiger partial charge is 0.443 e. The zero-order chi connectivity index (χ0) is 12.9. The highest BCUT2D eigenvalue weighted by molar-refractivity contribution is 5.72. The van der Waals surface area contributed by atoms with E-state index in [-0.39, 0.29) is 0 Å². The van der Waals surface area contributed by atoms with Crippen LogP contribution in [0.15, 0.2) is 29.0 Å². The van der Waals surface area contributed by atoms with E-state index in [0.29, 0.717) is 0 Å². The van der Waals surface area contributed by atoms with Crippen LogP contribution < -0.4 is 10.6 Å². The second kappa shape index (κ2) is 6.17. The van der Waals surface area contributed by atoms with Crippen LogP contribution in [0.1, 0.15) is 24.8 Å². The van der Waals surface area contributed by atoms with Gasteiger partial charge in [0, 0.05) is 6.54 Å². The maximum atomic E-state index is 5.31. The van der Waals surface area contributed by atoms with Gasteiger partial charge in [0.1, 0.15) is 5.52 Å². The molecule has 102 valence electrons. The first kappa shape index (κ1) is 12.6. The van der Waals surface area contributed by atoms with Crippen LogP contribution in [0.25, 0.3) is 11.1 Å². The Bertz CT molecular complexity index is 517. The van der Waals surface area contributed by atoms with Crippen LogP contribution in [0.3, 0.4) is 0 Å². The fraction of sp³-hybridized carbons (Fsp3) is 0.533. The molecule has 2 N–H and O–H groups in total. The Morgan fingerprint density at radius 1 is 1.42 bits per heavy atom. The SMILES string of the molecule is c1nc2ccc(CNCCC3CCCNC3)cc2o1. The molecule has 1 fully saturated rings. The summed E-state index contributed by atoms with van der Waals surface area (Å²) in [6.45, 7) is 4.37. The number of nitrogens with one attached hydrogen (secondary N) is 2. The first-order valence-corrected chi connectivity index (χ1v) is 7.15. The van der Waals surface area contributed by atoms with Crippen molar-refractivity contribution in [2.45, 2.75) is 25.8 Å². The van der Waals surface area contributed by atoms with Gasteiger partial charge in [-0.25, -0.2) is 4.98 Å². The molecule has 1 unspecified atom stereocenters. The summed E-state index contributed by atoms with van der Waals surface area (Å²) in [4.78, 5) is 4.12. The van der Waals surface area contributed by atoms with Gasteiger partial charge in [0.25, 0.3) is 0 Å². The monoisotopic (exact) mass is 259 g/mol. The Morgan fingerprint density at radius 2 is 2.42 bits per heavy atom. The summed E-state index contributed by atoms with van der Waals surface area (Å²) in [6.07, 6.45) is 5.46. The number of oxazole rings is 1. The van der Waals surface area contributed by atoms with Gasteiger partial charge in [0.2, 0.25) is 0 Å². The predicted octanol–water partition coefficient (Wildman–Crippen LogP) is 2.31. The minimum atomic E-state index is 0.845. The fourth-order valence-electron chi connectivity index (χ4n) is 2.72. The van der Waals surface area contributed by atoms with E-state index in [2.05, 4.69) is 27.8 Å². The zero-order valence-electron chi connectivity index (χ0n) is 11.2. The van der Waals surface area contributed by atoms with E-state index in [1.807, 2.05) is 6.07 Å². The van der Waals surface area contributed by atoms with E-state index in [1.165, 1.54) is 44.3 Å². The molecule has 1 saturated heterocycles. The zero-order valence-corrected chi connectivity index (χ0v) is 11.2. The topological polar surface area (TPSA) is 50.1 Å². The van der Waals surface area contributed by atoms with Crippen molar-refractivity contribution in [2.75, 3.05) is 19.6 Å². The van der Waals surface area contributed by atoms with Crippen molar-refractivity contribution in [1.82, 2.24) is 15.6 Å². The van der Waals surface area contributed by atoms with E-state index >= 15 is 0 Å². The Kier molecular flexibility index (Phi) is 4.10. The maximum Gasteiger partial charge on any atom is 0.181 e. The van der Waals surface area contributed by atoms with Crippen molar-refractivity contribution in [1.29, 1.82) is 0 Å². The predicted molar refractivity (Wildman–Crippen MR) is 75.9 cm³/mol. The molecule has 0 amide bonds. The summed E-state index contributed by atoms with van der Waals surface area (Å²) in [7, 11) is 0. The van der Waals surface area contributed by atoms with Crippen molar-refractivity contribution < 1.29 is 4.42 Å². The molecule has 2 aromatic rings. The van der Waals surface area contributed by atoms with E-state index in [1.54, 1.807) is 0 Å². The van der Waals surface area contributed by atoms with E-state index in [0.717, 1.165) is 30.1 Å². The van der Waals surface area contributed by atoms with Crippen LogP contribution in [0.2, 0.25) is 0 Å². The molecule has 4 heteroatoms. The lowest BCUT2D eigenvalue weighted by atomic mass is 9.96. The molecule has 1 atom stereocenters. The highest BCUT2D eigenvalue weighted by Crippen LogP contribution is 2.15. The molecule has 0 aliphatic carbocycles. The smallest absolute Gasteiger partial charge is 0.181 e. The van der Waals surface area contributed by atoms with Crippen molar-refractivity contribution in [3.63, 3.8) is 0 Å². The first-order valence-electron chi connectivity index (χ1n) is 7.15. The lowest BCUT2D eigenvalue weighted by Crippen LogP contribution is -2.31. The minimum absolute atomic E-state index is 0.845. The van der Waals surface area contributed by atoms with Crippen LogP contribution >= 0.6 is 0 Å². The van der Waals surface area contributed by atoms with E-state index in [9.17, 15) is 0 Å². The third-order valence-corrected chi connectivity index (χ3v) is 3.85. The van der Waals surface area contributed by atoms with Crippen LogP contribution in [-0.2, 0) is 6.54 Å². The molecule has 0 radical (unpaired) electrons. The van der Waals surface area contributed by atoms with E-state index < -0.39 is 0 Å². The second-order valence-corrected chi connectivity index (χ2v) is 5.33. The summed E-state index contributed by atoms with van der Waals surface area (Å²) in [5, 5.41) is 6.98. The fourth-order valence-corrected chi connectivity index (χ4v) is 2.72. The summed E-state index contributed by atoms with van der Waals surface area (Å²) >= 11 is 0. The molecule has 0 spiro atoms. The van der Waals surface area contributed by atoms with Crippen LogP contribution in [0.4, 0.5) is 0 Å². The average Bonchev–Trinajstić information content (AvgIpc) is 2.92. The van der Waals surface area contributed by atoms with Gasteiger partial charge in [-0.1, -0.05) is 6.07 Å². The van der Waals surface area contributed by atoms with Crippen molar-refractivity contribution in [3.05, 3.63) is 30.2 Å². The van der Waals surface area contributed by atoms with Gasteiger partial charge in [-0.2, -0.15) is 0 Å². The van der Waals surface area contributed by atoms with Crippen LogP contribution in [0, 0.1) is 5.92 Å². The number of hydrogen-bond acceptors (Lipinski definition) is 4. The van der Waals surface area contributed by atoms with E-state index in [4.69, 9.17) is 4.42 Å². The summed E-state index contributed by atoms with van der Waals surface area (Å²) in [5.41, 5.74) is 3.05. The lowest BCUT2D eigenvalue weighted by molar-refractivity contribution is 0.352. The van der Waals surface area contributed by atoms with Crippen LogP contribution in [0.5, 0.6) is 0 Å². The van der Waals surface area contributed by atoms with Gasteiger partial charge in [-0.3, -0.25) is 0 Å². The molecule has 1 aliphatic heterocycles. The summed E-state index contributed by atoms with van der Waals surface area (Å²) in [6, 6.07) is 6.19. The lowest BCUT2D eigenvalue weighted by Gasteiger charge is -2.22. The number of benzene rings is 1. The first-order chi connectivity index (χ1) is 9.42. The number of fused-ring (bicyclic) bond motifs is 1. The standard InChI is InChI=1S/C15H21N3O/c1-2-12(9-16-6-1)5-7-17-10-13-3-4-14-15(8-13)19-11-18-14/h3-4,8,11-12,16-17H,1-2,5-7,9-10H2. The number of nitrogens with zero attached hydrogens (tertiary/aromatic N) is 1. The highest BCUT2D eigenvalue weighted by atomic mass is 16.3. The molecule has 2 heterocycles. The second-order valence-electron chi connectivity index (χ2n) is 5.33. The molecular weight excluding hydrogens is 238 g/mol. The van der Waals surface area contributed by atoms with Crippen molar-refractivity contribution in [2.24, 2.45) is 5.92 Å². The Hall–Kier alpha value is -1.39. The average molecular weight is 259 g/mol. The number of rotatable bonds is 5. The van der Waals surface area contributed by atoms with Crippen molar-refractivity contribution >= 4 is 11.1 Å². The Balaban J connectivity index is 1.43. The third-order valence-electron chi connectivity index (χ3n) is 3.85. The molecular formula is C15H21N3O. The Morgan fingerprint density at radius 3 is 3.32 bits per heavy atom. The van der Waals surface area contributed by atoms with Gasteiger partial charge < -0.3 is 15.1 Å². The number of aromatic nitrogens is 1. The molecule has 1 aromatic carbocycles. The molecule has 1 aliphatic rings. The highest BCUT2D eigenvalue weighted by Gasteiger charge is 2.11. The van der Waals surface area contributed by atoms with Crippen molar-refractivity contribution in [3.8, 4) is 0 Å². The van der Waals surface area contributed by atoms with Crippen LogP contribution in [-0.4, -0.2) is 24.6 Å². The molecule has 0 saturated carbocycles. The number of piperidine rings is 1. The quantitative estimate of drug-likeness (QED) is 0.809. The van der Waals surface area contributed by atoms with Gasteiger partial charge in [0.15, 0.2) is 12.0 Å². The maximum absolute atomic E-state index is 5.31. The third kappa shape index (κ3) is 3.33. The van der Waals surface area contributed by atoms with Gasteiger partial charge in [-0.15, -0.1) is 0 Å². The molecule has 1 aromatic heterocycles. The Labute approximate surface area is 113 Å². The van der Waals surface area contributed by atoms with Gasteiger partial charge in [-0.05, 0) is 62.5 Å². The van der Waals surface area contributed by atoms with Gasteiger partial charge >= 0.3 is 0 Å². The summed E-state index contributed by atoms with van der Waals surface area (Å²) < 4.78 is 5.31. The molecule has 0 bridgehead atoms. The minimum Gasteiger partial charge on any atom is -0.443 e. The summed E-state index contributed by atoms with van der Waals surface area (Å²) in [5.74, 6) is 0.845. The van der Waals surface area contributed by atoms with Gasteiger partial charge in [0.05, 0.1) is 0 Å². The molecule has 4 nitrogen and oxygen atoms in total. The number of hydrogen-bond donors (Lipinski definition) is 2. The molecule has 3 rings (SSSR count).